The maximum Gasteiger partial charge on any atom is 0.335 e. The standard InChI is InChI=1S/C17H25NO3/c1-13(2)7-9-21-16-6-8-18(12-16)11-14-4-3-5-15(10-14)17(19)20/h3-5,10,13,16H,6-9,11-12H2,1-2H3,(H,19,20). The Morgan fingerprint density at radius 2 is 2.29 bits per heavy atom. The summed E-state index contributed by atoms with van der Waals surface area (Å²) in [5, 5.41) is 9.02. The minimum absolute atomic E-state index is 0.325. The van der Waals surface area contributed by atoms with Gasteiger partial charge in [-0.1, -0.05) is 26.0 Å². The summed E-state index contributed by atoms with van der Waals surface area (Å²) in [7, 11) is 0. The van der Waals surface area contributed by atoms with E-state index in [1.165, 1.54) is 0 Å². The first-order valence-electron chi connectivity index (χ1n) is 7.71. The third-order valence-corrected chi connectivity index (χ3v) is 3.86. The van der Waals surface area contributed by atoms with Gasteiger partial charge in [0.15, 0.2) is 0 Å². The molecule has 0 amide bonds. The van der Waals surface area contributed by atoms with E-state index in [0.29, 0.717) is 17.6 Å². The van der Waals surface area contributed by atoms with E-state index in [2.05, 4.69) is 18.7 Å². The predicted molar refractivity (Wildman–Crippen MR) is 82.5 cm³/mol. The van der Waals surface area contributed by atoms with Crippen LogP contribution in [0.25, 0.3) is 0 Å². The number of carboxylic acids is 1. The highest BCUT2D eigenvalue weighted by atomic mass is 16.5. The highest BCUT2D eigenvalue weighted by Gasteiger charge is 2.23. The zero-order valence-corrected chi connectivity index (χ0v) is 12.9. The molecule has 21 heavy (non-hydrogen) atoms. The summed E-state index contributed by atoms with van der Waals surface area (Å²) in [6, 6.07) is 7.19. The van der Waals surface area contributed by atoms with E-state index >= 15 is 0 Å². The molecule has 1 fully saturated rings. The van der Waals surface area contributed by atoms with Crippen LogP contribution in [0.4, 0.5) is 0 Å². The molecule has 0 spiro atoms. The Balaban J connectivity index is 1.79. The zero-order chi connectivity index (χ0) is 15.2. The molecule has 0 bridgehead atoms. The van der Waals surface area contributed by atoms with Crippen LogP contribution in [0.2, 0.25) is 0 Å². The molecule has 0 aliphatic carbocycles. The van der Waals surface area contributed by atoms with Crippen molar-refractivity contribution in [2.24, 2.45) is 5.92 Å². The average molecular weight is 291 g/mol. The van der Waals surface area contributed by atoms with Crippen molar-refractivity contribution >= 4 is 5.97 Å². The lowest BCUT2D eigenvalue weighted by Gasteiger charge is -2.17. The Morgan fingerprint density at radius 3 is 3.00 bits per heavy atom. The number of ether oxygens (including phenoxy) is 1. The number of likely N-dealkylation sites (tertiary alicyclic amines) is 1. The molecule has 1 aliphatic heterocycles. The minimum Gasteiger partial charge on any atom is -0.478 e. The van der Waals surface area contributed by atoms with Crippen LogP contribution in [-0.4, -0.2) is 41.8 Å². The van der Waals surface area contributed by atoms with Crippen molar-refractivity contribution in [3.63, 3.8) is 0 Å². The summed E-state index contributed by atoms with van der Waals surface area (Å²) in [6.07, 6.45) is 2.50. The van der Waals surface area contributed by atoms with E-state index in [1.807, 2.05) is 12.1 Å². The van der Waals surface area contributed by atoms with Crippen molar-refractivity contribution < 1.29 is 14.6 Å². The van der Waals surface area contributed by atoms with Crippen molar-refractivity contribution in [1.29, 1.82) is 0 Å². The summed E-state index contributed by atoms with van der Waals surface area (Å²) in [4.78, 5) is 13.3. The van der Waals surface area contributed by atoms with Gasteiger partial charge in [0.05, 0.1) is 11.7 Å². The molecule has 4 heteroatoms. The Morgan fingerprint density at radius 1 is 1.48 bits per heavy atom. The molecule has 0 aromatic heterocycles. The normalized spacial score (nSPS) is 19.3. The molecule has 1 unspecified atom stereocenters. The van der Waals surface area contributed by atoms with Gasteiger partial charge in [0, 0.05) is 26.2 Å². The largest absolute Gasteiger partial charge is 0.478 e. The maximum atomic E-state index is 11.0. The smallest absolute Gasteiger partial charge is 0.335 e. The topological polar surface area (TPSA) is 49.8 Å². The first-order valence-corrected chi connectivity index (χ1v) is 7.71. The van der Waals surface area contributed by atoms with E-state index in [4.69, 9.17) is 9.84 Å². The molecular weight excluding hydrogens is 266 g/mol. The molecule has 1 saturated heterocycles. The van der Waals surface area contributed by atoms with Gasteiger partial charge in [-0.15, -0.1) is 0 Å². The number of nitrogens with zero attached hydrogens (tertiary/aromatic N) is 1. The monoisotopic (exact) mass is 291 g/mol. The molecule has 116 valence electrons. The van der Waals surface area contributed by atoms with Crippen LogP contribution in [0, 0.1) is 5.92 Å². The Kier molecular flexibility index (Phi) is 5.76. The van der Waals surface area contributed by atoms with E-state index in [9.17, 15) is 4.79 Å². The molecule has 1 N–H and O–H groups in total. The van der Waals surface area contributed by atoms with Crippen LogP contribution in [-0.2, 0) is 11.3 Å². The first kappa shape index (κ1) is 16.0. The maximum absolute atomic E-state index is 11.0. The summed E-state index contributed by atoms with van der Waals surface area (Å²) in [5.74, 6) is -0.186. The second-order valence-electron chi connectivity index (χ2n) is 6.20. The van der Waals surface area contributed by atoms with Gasteiger partial charge in [0.2, 0.25) is 0 Å². The third kappa shape index (κ3) is 5.14. The van der Waals surface area contributed by atoms with Crippen LogP contribution < -0.4 is 0 Å². The molecule has 4 nitrogen and oxygen atoms in total. The Labute approximate surface area is 126 Å². The highest BCUT2D eigenvalue weighted by molar-refractivity contribution is 5.87. The van der Waals surface area contributed by atoms with Crippen LogP contribution in [0.1, 0.15) is 42.6 Å². The molecule has 1 atom stereocenters. The van der Waals surface area contributed by atoms with Crippen molar-refractivity contribution in [3.05, 3.63) is 35.4 Å². The summed E-state index contributed by atoms with van der Waals surface area (Å²) >= 11 is 0. The van der Waals surface area contributed by atoms with Gasteiger partial charge in [-0.2, -0.15) is 0 Å². The van der Waals surface area contributed by atoms with Crippen LogP contribution >= 0.6 is 0 Å². The van der Waals surface area contributed by atoms with Gasteiger partial charge in [-0.3, -0.25) is 4.90 Å². The van der Waals surface area contributed by atoms with Crippen LogP contribution in [0.15, 0.2) is 24.3 Å². The van der Waals surface area contributed by atoms with E-state index in [-0.39, 0.29) is 0 Å². The summed E-state index contributed by atoms with van der Waals surface area (Å²) in [6.45, 7) is 8.01. The summed E-state index contributed by atoms with van der Waals surface area (Å²) in [5.41, 5.74) is 1.41. The molecule has 2 rings (SSSR count). The van der Waals surface area contributed by atoms with E-state index in [0.717, 1.165) is 44.6 Å². The number of rotatable bonds is 7. The first-order chi connectivity index (χ1) is 10.0. The lowest BCUT2D eigenvalue weighted by Crippen LogP contribution is -2.23. The number of benzene rings is 1. The minimum atomic E-state index is -0.867. The van der Waals surface area contributed by atoms with Gasteiger partial charge in [0.1, 0.15) is 0 Å². The number of hydrogen-bond donors (Lipinski definition) is 1. The third-order valence-electron chi connectivity index (χ3n) is 3.86. The molecule has 1 aromatic rings. The number of carbonyl (C=O) groups is 1. The fourth-order valence-corrected chi connectivity index (χ4v) is 2.61. The van der Waals surface area contributed by atoms with Crippen molar-refractivity contribution in [2.75, 3.05) is 19.7 Å². The lowest BCUT2D eigenvalue weighted by molar-refractivity contribution is 0.0518. The van der Waals surface area contributed by atoms with Gasteiger partial charge >= 0.3 is 5.97 Å². The van der Waals surface area contributed by atoms with Crippen LogP contribution in [0.5, 0.6) is 0 Å². The van der Waals surface area contributed by atoms with Crippen molar-refractivity contribution in [1.82, 2.24) is 4.90 Å². The fourth-order valence-electron chi connectivity index (χ4n) is 2.61. The lowest BCUT2D eigenvalue weighted by atomic mass is 10.1. The average Bonchev–Trinajstić information content (AvgIpc) is 2.86. The zero-order valence-electron chi connectivity index (χ0n) is 12.9. The van der Waals surface area contributed by atoms with Crippen LogP contribution in [0.3, 0.4) is 0 Å². The quantitative estimate of drug-likeness (QED) is 0.839. The second kappa shape index (κ2) is 7.57. The van der Waals surface area contributed by atoms with Gasteiger partial charge in [-0.05, 0) is 36.5 Å². The summed E-state index contributed by atoms with van der Waals surface area (Å²) < 4.78 is 5.91. The highest BCUT2D eigenvalue weighted by Crippen LogP contribution is 2.17. The SMILES string of the molecule is CC(C)CCOC1CCN(Cc2cccc(C(=O)O)c2)C1. The second-order valence-corrected chi connectivity index (χ2v) is 6.20. The predicted octanol–water partition coefficient (Wildman–Crippen LogP) is 3.02. The van der Waals surface area contributed by atoms with Crippen molar-refractivity contribution in [3.8, 4) is 0 Å². The number of aromatic carboxylic acids is 1. The Hall–Kier alpha value is -1.39. The van der Waals surface area contributed by atoms with Gasteiger partial charge < -0.3 is 9.84 Å². The molecular formula is C17H25NO3. The van der Waals surface area contributed by atoms with Gasteiger partial charge in [-0.25, -0.2) is 4.79 Å². The number of hydrogen-bond acceptors (Lipinski definition) is 3. The van der Waals surface area contributed by atoms with Gasteiger partial charge in [0.25, 0.3) is 0 Å². The fraction of sp³-hybridized carbons (Fsp3) is 0.588. The molecule has 1 aromatic carbocycles. The van der Waals surface area contributed by atoms with E-state index in [1.54, 1.807) is 12.1 Å². The van der Waals surface area contributed by atoms with E-state index < -0.39 is 5.97 Å². The number of carboxylic acid groups (broad SMARTS) is 1. The Bertz CT molecular complexity index is 473. The molecule has 1 aliphatic rings. The van der Waals surface area contributed by atoms with Crippen molar-refractivity contribution in [2.45, 2.75) is 39.3 Å². The molecule has 0 saturated carbocycles. The molecule has 0 radical (unpaired) electrons. The molecule has 1 heterocycles.